The molecule has 1 rings (SSSR count). The third kappa shape index (κ3) is 4.47. The van der Waals surface area contributed by atoms with Gasteiger partial charge in [0.1, 0.15) is 0 Å². The van der Waals surface area contributed by atoms with Crippen LogP contribution in [0.5, 0.6) is 0 Å². The van der Waals surface area contributed by atoms with Gasteiger partial charge < -0.3 is 15.2 Å². The molecule has 0 spiro atoms. The summed E-state index contributed by atoms with van der Waals surface area (Å²) in [4.78, 5) is 11.3. The maximum atomic E-state index is 11.3. The third-order valence-corrected chi connectivity index (χ3v) is 2.83. The van der Waals surface area contributed by atoms with Gasteiger partial charge in [-0.2, -0.15) is 0 Å². The smallest absolute Gasteiger partial charge is 0.309 e. The molecule has 0 aliphatic carbocycles. The summed E-state index contributed by atoms with van der Waals surface area (Å²) in [6.07, 6.45) is 0.272. The molecule has 18 heavy (non-hydrogen) atoms. The second-order valence-corrected chi connectivity index (χ2v) is 4.92. The molecule has 0 saturated heterocycles. The second-order valence-electron chi connectivity index (χ2n) is 4.92. The summed E-state index contributed by atoms with van der Waals surface area (Å²) in [6, 6.07) is 7.72. The van der Waals surface area contributed by atoms with Crippen molar-refractivity contribution in [3.63, 3.8) is 0 Å². The van der Waals surface area contributed by atoms with Gasteiger partial charge in [-0.1, -0.05) is 24.3 Å². The highest BCUT2D eigenvalue weighted by molar-refractivity contribution is 5.72. The first-order chi connectivity index (χ1) is 8.48. The van der Waals surface area contributed by atoms with E-state index in [1.54, 1.807) is 0 Å². The first-order valence-corrected chi connectivity index (χ1v) is 5.98. The van der Waals surface area contributed by atoms with E-state index in [2.05, 4.69) is 10.1 Å². The maximum Gasteiger partial charge on any atom is 0.309 e. The summed E-state index contributed by atoms with van der Waals surface area (Å²) in [5.41, 5.74) is 1.66. The van der Waals surface area contributed by atoms with Crippen LogP contribution >= 0.6 is 0 Å². The molecule has 0 aliphatic heterocycles. The Bertz CT molecular complexity index is 402. The standard InChI is InChI=1S/C14H21NO3/c1-14(2,10-16)15-9-12-7-5-4-6-11(12)8-13(17)18-3/h4-7,15-16H,8-10H2,1-3H3. The van der Waals surface area contributed by atoms with E-state index in [9.17, 15) is 9.90 Å². The van der Waals surface area contributed by atoms with Crippen molar-refractivity contribution in [2.75, 3.05) is 13.7 Å². The Kier molecular flexibility index (Phi) is 5.31. The van der Waals surface area contributed by atoms with Crippen molar-refractivity contribution in [3.05, 3.63) is 35.4 Å². The number of methoxy groups -OCH3 is 1. The Labute approximate surface area is 108 Å². The lowest BCUT2D eigenvalue weighted by Crippen LogP contribution is -2.42. The average molecular weight is 251 g/mol. The summed E-state index contributed by atoms with van der Waals surface area (Å²) < 4.78 is 4.68. The highest BCUT2D eigenvalue weighted by atomic mass is 16.5. The SMILES string of the molecule is COC(=O)Cc1ccccc1CNC(C)(C)CO. The van der Waals surface area contributed by atoms with Crippen molar-refractivity contribution in [1.29, 1.82) is 0 Å². The molecule has 0 atom stereocenters. The van der Waals surface area contributed by atoms with Crippen LogP contribution < -0.4 is 5.32 Å². The number of rotatable bonds is 6. The fraction of sp³-hybridized carbons (Fsp3) is 0.500. The molecule has 0 radical (unpaired) electrons. The van der Waals surface area contributed by atoms with Crippen LogP contribution in [-0.2, 0) is 22.5 Å². The summed E-state index contributed by atoms with van der Waals surface area (Å²) in [5, 5.41) is 12.4. The monoisotopic (exact) mass is 251 g/mol. The largest absolute Gasteiger partial charge is 0.469 e. The molecule has 1 aromatic carbocycles. The molecule has 0 aromatic heterocycles. The van der Waals surface area contributed by atoms with E-state index >= 15 is 0 Å². The van der Waals surface area contributed by atoms with E-state index in [4.69, 9.17) is 0 Å². The summed E-state index contributed by atoms with van der Waals surface area (Å²) in [6.45, 7) is 4.53. The Morgan fingerprint density at radius 1 is 1.33 bits per heavy atom. The number of carbonyl (C=O) groups excluding carboxylic acids is 1. The molecular weight excluding hydrogens is 230 g/mol. The molecule has 0 fully saturated rings. The lowest BCUT2D eigenvalue weighted by molar-refractivity contribution is -0.139. The number of ether oxygens (including phenoxy) is 1. The highest BCUT2D eigenvalue weighted by Crippen LogP contribution is 2.12. The van der Waals surface area contributed by atoms with Gasteiger partial charge >= 0.3 is 5.97 Å². The number of nitrogens with one attached hydrogen (secondary N) is 1. The van der Waals surface area contributed by atoms with Crippen molar-refractivity contribution in [1.82, 2.24) is 5.32 Å². The van der Waals surface area contributed by atoms with E-state index in [0.29, 0.717) is 6.54 Å². The van der Waals surface area contributed by atoms with Crippen LogP contribution in [0.4, 0.5) is 0 Å². The summed E-state index contributed by atoms with van der Waals surface area (Å²) in [7, 11) is 1.39. The van der Waals surface area contributed by atoms with E-state index in [0.717, 1.165) is 11.1 Å². The second kappa shape index (κ2) is 6.52. The Morgan fingerprint density at radius 2 is 1.94 bits per heavy atom. The predicted octanol–water partition coefficient (Wildman–Crippen LogP) is 1.26. The number of aliphatic hydroxyl groups is 1. The maximum absolute atomic E-state index is 11.3. The van der Waals surface area contributed by atoms with Crippen molar-refractivity contribution in [2.24, 2.45) is 0 Å². The molecular formula is C14H21NO3. The number of benzene rings is 1. The third-order valence-electron chi connectivity index (χ3n) is 2.83. The zero-order valence-electron chi connectivity index (χ0n) is 11.2. The van der Waals surface area contributed by atoms with Crippen molar-refractivity contribution < 1.29 is 14.6 Å². The van der Waals surface area contributed by atoms with Crippen LogP contribution in [0, 0.1) is 0 Å². The molecule has 4 heteroatoms. The minimum Gasteiger partial charge on any atom is -0.469 e. The lowest BCUT2D eigenvalue weighted by Gasteiger charge is -2.24. The first kappa shape index (κ1) is 14.7. The minimum absolute atomic E-state index is 0.0617. The van der Waals surface area contributed by atoms with E-state index in [-0.39, 0.29) is 24.5 Å². The number of esters is 1. The van der Waals surface area contributed by atoms with Gasteiger partial charge in [0, 0.05) is 12.1 Å². The Balaban J connectivity index is 2.73. The number of hydrogen-bond donors (Lipinski definition) is 2. The molecule has 0 heterocycles. The zero-order chi connectivity index (χ0) is 13.6. The van der Waals surface area contributed by atoms with Gasteiger partial charge in [-0.3, -0.25) is 4.79 Å². The lowest BCUT2D eigenvalue weighted by atomic mass is 10.0. The van der Waals surface area contributed by atoms with Gasteiger partial charge in [0.05, 0.1) is 20.1 Å². The number of hydrogen-bond acceptors (Lipinski definition) is 4. The Morgan fingerprint density at radius 3 is 2.50 bits per heavy atom. The van der Waals surface area contributed by atoms with Gasteiger partial charge in [-0.15, -0.1) is 0 Å². The molecule has 0 unspecified atom stereocenters. The van der Waals surface area contributed by atoms with Crippen molar-refractivity contribution in [2.45, 2.75) is 32.4 Å². The quantitative estimate of drug-likeness (QED) is 0.747. The van der Waals surface area contributed by atoms with Crippen molar-refractivity contribution >= 4 is 5.97 Å². The summed E-state index contributed by atoms with van der Waals surface area (Å²) >= 11 is 0. The average Bonchev–Trinajstić information content (AvgIpc) is 2.37. The number of carbonyl (C=O) groups is 1. The zero-order valence-corrected chi connectivity index (χ0v) is 11.2. The fourth-order valence-corrected chi connectivity index (χ4v) is 1.52. The van der Waals surface area contributed by atoms with Gasteiger partial charge in [0.25, 0.3) is 0 Å². The molecule has 0 saturated carbocycles. The topological polar surface area (TPSA) is 58.6 Å². The number of aliphatic hydroxyl groups excluding tert-OH is 1. The molecule has 0 amide bonds. The van der Waals surface area contributed by atoms with Crippen LogP contribution in [0.25, 0.3) is 0 Å². The van der Waals surface area contributed by atoms with Crippen molar-refractivity contribution in [3.8, 4) is 0 Å². The molecule has 100 valence electrons. The minimum atomic E-state index is -0.335. The van der Waals surface area contributed by atoms with Crippen LogP contribution in [-0.4, -0.2) is 30.3 Å². The molecule has 4 nitrogen and oxygen atoms in total. The normalized spacial score (nSPS) is 11.3. The van der Waals surface area contributed by atoms with Crippen LogP contribution in [0.3, 0.4) is 0 Å². The first-order valence-electron chi connectivity index (χ1n) is 5.98. The summed E-state index contributed by atoms with van der Waals surface area (Å²) in [5.74, 6) is -0.246. The van der Waals surface area contributed by atoms with Gasteiger partial charge in [0.15, 0.2) is 0 Å². The molecule has 0 bridgehead atoms. The molecule has 1 aromatic rings. The molecule has 0 aliphatic rings. The van der Waals surface area contributed by atoms with Gasteiger partial charge in [-0.05, 0) is 25.0 Å². The van der Waals surface area contributed by atoms with Crippen LogP contribution in [0.2, 0.25) is 0 Å². The van der Waals surface area contributed by atoms with Crippen LogP contribution in [0.1, 0.15) is 25.0 Å². The van der Waals surface area contributed by atoms with E-state index in [1.807, 2.05) is 38.1 Å². The fourth-order valence-electron chi connectivity index (χ4n) is 1.52. The van der Waals surface area contributed by atoms with E-state index in [1.165, 1.54) is 7.11 Å². The van der Waals surface area contributed by atoms with E-state index < -0.39 is 0 Å². The van der Waals surface area contributed by atoms with Crippen LogP contribution in [0.15, 0.2) is 24.3 Å². The van der Waals surface area contributed by atoms with Gasteiger partial charge in [0.2, 0.25) is 0 Å². The molecule has 2 N–H and O–H groups in total. The Hall–Kier alpha value is -1.39. The van der Waals surface area contributed by atoms with Gasteiger partial charge in [-0.25, -0.2) is 0 Å². The highest BCUT2D eigenvalue weighted by Gasteiger charge is 2.16. The predicted molar refractivity (Wildman–Crippen MR) is 70.2 cm³/mol.